The molecule has 5 aliphatic rings. The average molecular weight is 715 g/mol. The minimum absolute atomic E-state index is 0.153. The number of hydrogen-bond donors (Lipinski definition) is 0. The van der Waals surface area contributed by atoms with Crippen LogP contribution in [0.1, 0.15) is 43.2 Å². The maximum absolute atomic E-state index is 2.60. The lowest BCUT2D eigenvalue weighted by Crippen LogP contribution is -2.55. The van der Waals surface area contributed by atoms with Gasteiger partial charge in [0, 0.05) is 5.41 Å². The van der Waals surface area contributed by atoms with Crippen LogP contribution < -0.4 is 0 Å². The van der Waals surface area contributed by atoms with Crippen molar-refractivity contribution in [2.75, 3.05) is 0 Å². The van der Waals surface area contributed by atoms with E-state index in [-0.39, 0.29) is 5.41 Å². The van der Waals surface area contributed by atoms with Gasteiger partial charge in [0.15, 0.2) is 0 Å². The number of rotatable bonds is 3. The van der Waals surface area contributed by atoms with Gasteiger partial charge in [-0.25, -0.2) is 0 Å². The highest BCUT2D eigenvalue weighted by Crippen LogP contribution is 2.70. The summed E-state index contributed by atoms with van der Waals surface area (Å²) in [4.78, 5) is 0. The molecule has 5 aliphatic carbocycles. The van der Waals surface area contributed by atoms with Gasteiger partial charge >= 0.3 is 0 Å². The third-order valence-corrected chi connectivity index (χ3v) is 15.0. The fourth-order valence-electron chi connectivity index (χ4n) is 13.2. The lowest BCUT2D eigenvalue weighted by Gasteiger charge is -2.61. The standard InChI is InChI=1S/C56H42/c1-2-13-37(14-3-1)53-45-18-8-10-20-47(45)54(48-21-11-9-19-46(48)53)49-25-24-41(43-16-6-7-17-44(43)49)38-23-26-51-50(33-38)55-42-15-5-4-12-36(42)22-27-52(55)56(51)39-29-34-28-35(31-39)32-40(56)30-34/h1-27,33-35,39-40H,28-32H2. The normalized spacial score (nSPS) is 23.1. The van der Waals surface area contributed by atoms with E-state index in [0.29, 0.717) is 0 Å². The van der Waals surface area contributed by atoms with E-state index in [1.807, 2.05) is 0 Å². The Morgan fingerprint density at radius 2 is 0.839 bits per heavy atom. The quantitative estimate of drug-likeness (QED) is 0.160. The molecule has 0 N–H and O–H groups in total. The van der Waals surface area contributed by atoms with E-state index in [4.69, 9.17) is 0 Å². The van der Waals surface area contributed by atoms with E-state index >= 15 is 0 Å². The van der Waals surface area contributed by atoms with Gasteiger partial charge in [0.05, 0.1) is 0 Å². The summed E-state index contributed by atoms with van der Waals surface area (Å²) in [5, 5.41) is 10.6. The van der Waals surface area contributed by atoms with Gasteiger partial charge in [-0.3, -0.25) is 0 Å². The van der Waals surface area contributed by atoms with Crippen LogP contribution in [-0.2, 0) is 5.41 Å². The van der Waals surface area contributed by atoms with Crippen molar-refractivity contribution < 1.29 is 0 Å². The monoisotopic (exact) mass is 714 g/mol. The highest BCUT2D eigenvalue weighted by atomic mass is 14.6. The summed E-state index contributed by atoms with van der Waals surface area (Å²) in [5.74, 6) is 3.38. The summed E-state index contributed by atoms with van der Waals surface area (Å²) in [7, 11) is 0. The molecule has 0 aliphatic heterocycles. The van der Waals surface area contributed by atoms with E-state index in [9.17, 15) is 0 Å². The molecular formula is C56H42. The van der Waals surface area contributed by atoms with Crippen molar-refractivity contribution in [1.29, 1.82) is 0 Å². The highest BCUT2D eigenvalue weighted by Gasteiger charge is 2.61. The largest absolute Gasteiger partial charge is 0.0622 e. The van der Waals surface area contributed by atoms with Crippen molar-refractivity contribution in [2.24, 2.45) is 23.7 Å². The molecule has 0 radical (unpaired) electrons. The molecule has 9 aromatic carbocycles. The Kier molecular flexibility index (Phi) is 6.43. The van der Waals surface area contributed by atoms with Crippen LogP contribution in [0.5, 0.6) is 0 Å². The third-order valence-electron chi connectivity index (χ3n) is 15.0. The van der Waals surface area contributed by atoms with Crippen LogP contribution in [0.15, 0.2) is 170 Å². The molecule has 9 aromatic rings. The van der Waals surface area contributed by atoms with Gasteiger partial charge in [0.2, 0.25) is 0 Å². The van der Waals surface area contributed by atoms with Gasteiger partial charge in [-0.2, -0.15) is 0 Å². The minimum Gasteiger partial charge on any atom is -0.0622 e. The average Bonchev–Trinajstić information content (AvgIpc) is 3.55. The molecule has 0 heteroatoms. The van der Waals surface area contributed by atoms with E-state index in [2.05, 4.69) is 170 Å². The van der Waals surface area contributed by atoms with E-state index in [0.717, 1.165) is 23.7 Å². The molecule has 0 aromatic heterocycles. The molecule has 4 fully saturated rings. The fourth-order valence-corrected chi connectivity index (χ4v) is 13.2. The molecule has 4 bridgehead atoms. The predicted molar refractivity (Wildman–Crippen MR) is 236 cm³/mol. The maximum Gasteiger partial charge on any atom is 0.0272 e. The van der Waals surface area contributed by atoms with Gasteiger partial charge in [0.1, 0.15) is 0 Å². The summed E-state index contributed by atoms with van der Waals surface area (Å²) in [6.07, 6.45) is 7.10. The Labute approximate surface area is 328 Å². The molecule has 1 spiro atoms. The van der Waals surface area contributed by atoms with Crippen molar-refractivity contribution in [2.45, 2.75) is 37.5 Å². The lowest BCUT2D eigenvalue weighted by atomic mass is 9.43. The molecule has 56 heavy (non-hydrogen) atoms. The predicted octanol–water partition coefficient (Wildman–Crippen LogP) is 15.0. The maximum atomic E-state index is 2.60. The third kappa shape index (κ3) is 4.09. The number of benzene rings is 9. The second-order valence-electron chi connectivity index (χ2n) is 17.6. The number of fused-ring (bicyclic) bond motifs is 8. The molecule has 0 unspecified atom stereocenters. The van der Waals surface area contributed by atoms with E-state index < -0.39 is 0 Å². The molecule has 0 nitrogen and oxygen atoms in total. The van der Waals surface area contributed by atoms with Crippen LogP contribution in [0, 0.1) is 23.7 Å². The van der Waals surface area contributed by atoms with Crippen molar-refractivity contribution in [3.63, 3.8) is 0 Å². The van der Waals surface area contributed by atoms with Crippen molar-refractivity contribution in [3.05, 3.63) is 181 Å². The minimum atomic E-state index is 0.153. The first-order valence-electron chi connectivity index (χ1n) is 20.9. The first-order valence-corrected chi connectivity index (χ1v) is 20.9. The Morgan fingerprint density at radius 1 is 0.321 bits per heavy atom. The second kappa shape index (κ2) is 11.5. The van der Waals surface area contributed by atoms with Crippen molar-refractivity contribution in [3.8, 4) is 44.5 Å². The summed E-state index contributed by atoms with van der Waals surface area (Å²) in [6, 6.07) is 64.8. The van der Waals surface area contributed by atoms with Gasteiger partial charge in [-0.15, -0.1) is 0 Å². The van der Waals surface area contributed by atoms with Gasteiger partial charge < -0.3 is 0 Å². The number of hydrogen-bond acceptors (Lipinski definition) is 0. The van der Waals surface area contributed by atoms with Gasteiger partial charge in [-0.1, -0.05) is 164 Å². The SMILES string of the molecule is c1ccc(-c2c3ccccc3c(-c3ccc(-c4ccc5c(c4)-c4c(ccc6ccccc46)C54C5CC6CC(C5)CC4C6)c4ccccc34)c3ccccc23)cc1. The fraction of sp³-hybridized carbons (Fsp3) is 0.179. The second-order valence-corrected chi connectivity index (χ2v) is 17.6. The Hall–Kier alpha value is -5.98. The van der Waals surface area contributed by atoms with Crippen LogP contribution in [0.2, 0.25) is 0 Å². The first kappa shape index (κ1) is 31.2. The molecule has 266 valence electrons. The Balaban J connectivity index is 1.04. The van der Waals surface area contributed by atoms with Gasteiger partial charge in [-0.05, 0) is 161 Å². The van der Waals surface area contributed by atoms with Crippen LogP contribution in [0.4, 0.5) is 0 Å². The smallest absolute Gasteiger partial charge is 0.0272 e. The summed E-state index contributed by atoms with van der Waals surface area (Å²) < 4.78 is 0. The molecular weight excluding hydrogens is 673 g/mol. The Bertz CT molecular complexity index is 3010. The van der Waals surface area contributed by atoms with E-state index in [1.165, 1.54) is 120 Å². The molecule has 0 amide bonds. The van der Waals surface area contributed by atoms with Gasteiger partial charge in [0.25, 0.3) is 0 Å². The molecule has 4 saturated carbocycles. The lowest BCUT2D eigenvalue weighted by molar-refractivity contribution is -0.0399. The van der Waals surface area contributed by atoms with Crippen LogP contribution in [0.3, 0.4) is 0 Å². The van der Waals surface area contributed by atoms with Crippen LogP contribution in [0.25, 0.3) is 87.6 Å². The van der Waals surface area contributed by atoms with Crippen LogP contribution >= 0.6 is 0 Å². The zero-order chi connectivity index (χ0) is 36.5. The molecule has 0 heterocycles. The Morgan fingerprint density at radius 3 is 1.50 bits per heavy atom. The zero-order valence-corrected chi connectivity index (χ0v) is 31.5. The highest BCUT2D eigenvalue weighted by molar-refractivity contribution is 6.24. The van der Waals surface area contributed by atoms with Crippen LogP contribution in [-0.4, -0.2) is 0 Å². The van der Waals surface area contributed by atoms with E-state index in [1.54, 1.807) is 11.1 Å². The summed E-state index contributed by atoms with van der Waals surface area (Å²) >= 11 is 0. The zero-order valence-electron chi connectivity index (χ0n) is 31.5. The van der Waals surface area contributed by atoms with Crippen molar-refractivity contribution >= 4 is 43.1 Å². The molecule has 0 saturated heterocycles. The topological polar surface area (TPSA) is 0 Å². The molecule has 0 atom stereocenters. The first-order chi connectivity index (χ1) is 27.8. The van der Waals surface area contributed by atoms with Crippen molar-refractivity contribution in [1.82, 2.24) is 0 Å². The summed E-state index contributed by atoms with van der Waals surface area (Å²) in [6.45, 7) is 0. The summed E-state index contributed by atoms with van der Waals surface area (Å²) in [5.41, 5.74) is 14.2. The molecule has 14 rings (SSSR count).